The van der Waals surface area contributed by atoms with Crippen molar-refractivity contribution in [3.8, 4) is 0 Å². The summed E-state index contributed by atoms with van der Waals surface area (Å²) in [7, 11) is 1.75. The van der Waals surface area contributed by atoms with Crippen molar-refractivity contribution in [3.05, 3.63) is 41.2 Å². The van der Waals surface area contributed by atoms with Crippen molar-refractivity contribution in [2.45, 2.75) is 25.7 Å². The Kier molecular flexibility index (Phi) is 7.32. The molecule has 0 aliphatic carbocycles. The van der Waals surface area contributed by atoms with Crippen molar-refractivity contribution in [2.75, 3.05) is 25.0 Å². The van der Waals surface area contributed by atoms with Gasteiger partial charge in [-0.3, -0.25) is 14.9 Å². The Balaban J connectivity index is 0.00000261. The van der Waals surface area contributed by atoms with Crippen LogP contribution in [0.25, 0.3) is 0 Å². The van der Waals surface area contributed by atoms with Crippen LogP contribution in [-0.2, 0) is 11.8 Å². The fourth-order valence-corrected chi connectivity index (χ4v) is 3.02. The van der Waals surface area contributed by atoms with Crippen LogP contribution in [0.2, 0.25) is 0 Å². The van der Waals surface area contributed by atoms with Gasteiger partial charge in [0, 0.05) is 18.5 Å². The lowest BCUT2D eigenvalue weighted by Gasteiger charge is -2.19. The van der Waals surface area contributed by atoms with Crippen LogP contribution in [0, 0.1) is 6.92 Å². The number of hydrogen-bond acceptors (Lipinski definition) is 5. The normalized spacial score (nSPS) is 14.3. The third-order valence-corrected chi connectivity index (χ3v) is 4.53. The molecule has 0 spiro atoms. The molecule has 2 aromatic rings. The summed E-state index contributed by atoms with van der Waals surface area (Å²) in [5, 5.41) is 13.1. The highest BCUT2D eigenvalue weighted by Gasteiger charge is 2.21. The van der Waals surface area contributed by atoms with Crippen molar-refractivity contribution < 1.29 is 9.59 Å². The maximum Gasteiger partial charge on any atom is 0.251 e. The lowest BCUT2D eigenvalue weighted by atomic mass is 9.98. The van der Waals surface area contributed by atoms with Crippen molar-refractivity contribution in [3.63, 3.8) is 0 Å². The van der Waals surface area contributed by atoms with Gasteiger partial charge in [-0.15, -0.1) is 12.4 Å². The molecule has 146 valence electrons. The van der Waals surface area contributed by atoms with E-state index in [-0.39, 0.29) is 30.8 Å². The van der Waals surface area contributed by atoms with Crippen molar-refractivity contribution in [1.82, 2.24) is 25.4 Å². The molecule has 3 rings (SSSR count). The average Bonchev–Trinajstić information content (AvgIpc) is 3.01. The quantitative estimate of drug-likeness (QED) is 0.713. The second-order valence-corrected chi connectivity index (χ2v) is 6.49. The van der Waals surface area contributed by atoms with Gasteiger partial charge in [0.15, 0.2) is 5.82 Å². The number of carbonyl (C=O) groups is 2. The largest absolute Gasteiger partial charge is 0.343 e. The van der Waals surface area contributed by atoms with Crippen molar-refractivity contribution in [2.24, 2.45) is 7.05 Å². The summed E-state index contributed by atoms with van der Waals surface area (Å²) >= 11 is 0. The number of nitrogens with zero attached hydrogens (tertiary/aromatic N) is 3. The molecular formula is C18H25ClN6O2. The number of hydrogen-bond donors (Lipinski definition) is 3. The first kappa shape index (κ1) is 20.9. The van der Waals surface area contributed by atoms with E-state index in [0.717, 1.165) is 37.3 Å². The molecule has 0 atom stereocenters. The number of benzene rings is 1. The lowest BCUT2D eigenvalue weighted by Crippen LogP contribution is -2.33. The van der Waals surface area contributed by atoms with Crippen molar-refractivity contribution in [1.29, 1.82) is 0 Å². The highest BCUT2D eigenvalue weighted by atomic mass is 35.5. The Morgan fingerprint density at radius 2 is 1.96 bits per heavy atom. The summed E-state index contributed by atoms with van der Waals surface area (Å²) in [6.45, 7) is 3.64. The maximum atomic E-state index is 12.2. The number of carbonyl (C=O) groups excluding carboxylic acids is 2. The summed E-state index contributed by atoms with van der Waals surface area (Å²) in [5.74, 6) is 0.863. The number of amides is 2. The summed E-state index contributed by atoms with van der Waals surface area (Å²) in [4.78, 5) is 28.8. The molecule has 0 unspecified atom stereocenters. The Labute approximate surface area is 164 Å². The number of piperidine rings is 1. The molecule has 0 bridgehead atoms. The monoisotopic (exact) mass is 392 g/mol. The van der Waals surface area contributed by atoms with Crippen LogP contribution < -0.4 is 16.0 Å². The summed E-state index contributed by atoms with van der Waals surface area (Å²) in [5.41, 5.74) is 1.43. The first-order valence-electron chi connectivity index (χ1n) is 8.80. The number of anilines is 1. The Hall–Kier alpha value is -2.45. The van der Waals surface area contributed by atoms with Gasteiger partial charge in [-0.25, -0.2) is 4.68 Å². The van der Waals surface area contributed by atoms with Crippen LogP contribution in [0.5, 0.6) is 0 Å². The van der Waals surface area contributed by atoms with Gasteiger partial charge in [0.05, 0.1) is 6.54 Å². The fourth-order valence-electron chi connectivity index (χ4n) is 3.02. The van der Waals surface area contributed by atoms with Gasteiger partial charge in [0.2, 0.25) is 11.9 Å². The Morgan fingerprint density at radius 3 is 2.67 bits per heavy atom. The average molecular weight is 393 g/mol. The summed E-state index contributed by atoms with van der Waals surface area (Å²) < 4.78 is 1.57. The van der Waals surface area contributed by atoms with Gasteiger partial charge in [0.25, 0.3) is 5.91 Å². The second kappa shape index (κ2) is 9.48. The SMILES string of the molecule is Cc1ccccc1C(=O)NCC(=O)Nc1nc(C2CCNCC2)nn1C.Cl. The van der Waals surface area contributed by atoms with E-state index in [4.69, 9.17) is 0 Å². The highest BCUT2D eigenvalue weighted by molar-refractivity contribution is 5.99. The standard InChI is InChI=1S/C18H24N6O2.ClH/c1-12-5-3-4-6-14(12)17(26)20-11-15(25)21-18-22-16(23-24(18)2)13-7-9-19-10-8-13;/h3-6,13,19H,7-11H2,1-2H3,(H,20,26)(H,21,22,23,25);1H. The Morgan fingerprint density at radius 1 is 1.26 bits per heavy atom. The van der Waals surface area contributed by atoms with Gasteiger partial charge in [0.1, 0.15) is 0 Å². The van der Waals surface area contributed by atoms with E-state index in [1.807, 2.05) is 19.1 Å². The molecule has 1 aromatic carbocycles. The van der Waals surface area contributed by atoms with Gasteiger partial charge < -0.3 is 10.6 Å². The molecule has 1 aliphatic heterocycles. The topological polar surface area (TPSA) is 101 Å². The lowest BCUT2D eigenvalue weighted by molar-refractivity contribution is -0.115. The first-order valence-corrected chi connectivity index (χ1v) is 8.80. The van der Waals surface area contributed by atoms with E-state index >= 15 is 0 Å². The zero-order valence-electron chi connectivity index (χ0n) is 15.5. The molecule has 1 aliphatic rings. The molecular weight excluding hydrogens is 368 g/mol. The Bertz CT molecular complexity index is 801. The van der Waals surface area contributed by atoms with E-state index < -0.39 is 0 Å². The number of nitrogens with one attached hydrogen (secondary N) is 3. The zero-order valence-corrected chi connectivity index (χ0v) is 16.3. The maximum absolute atomic E-state index is 12.2. The van der Waals surface area contributed by atoms with Crippen LogP contribution in [0.1, 0.15) is 40.5 Å². The molecule has 0 saturated carbocycles. The van der Waals surface area contributed by atoms with Gasteiger partial charge in [-0.1, -0.05) is 18.2 Å². The molecule has 9 heteroatoms. The molecule has 3 N–H and O–H groups in total. The van der Waals surface area contributed by atoms with Crippen LogP contribution in [0.15, 0.2) is 24.3 Å². The highest BCUT2D eigenvalue weighted by Crippen LogP contribution is 2.23. The molecule has 1 saturated heterocycles. The van der Waals surface area contributed by atoms with Crippen LogP contribution >= 0.6 is 12.4 Å². The predicted molar refractivity (Wildman–Crippen MR) is 105 cm³/mol. The molecule has 2 amide bonds. The predicted octanol–water partition coefficient (Wildman–Crippen LogP) is 1.38. The van der Waals surface area contributed by atoms with Crippen LogP contribution in [0.3, 0.4) is 0 Å². The summed E-state index contributed by atoms with van der Waals surface area (Å²) in [6.07, 6.45) is 1.98. The van der Waals surface area contributed by atoms with Crippen molar-refractivity contribution >= 4 is 30.2 Å². The molecule has 27 heavy (non-hydrogen) atoms. The number of rotatable bonds is 5. The van der Waals surface area contributed by atoms with E-state index in [0.29, 0.717) is 17.4 Å². The van der Waals surface area contributed by atoms with E-state index in [1.54, 1.807) is 23.9 Å². The van der Waals surface area contributed by atoms with Gasteiger partial charge in [-0.05, 0) is 44.5 Å². The van der Waals surface area contributed by atoms with E-state index in [1.165, 1.54) is 0 Å². The number of halogens is 1. The molecule has 2 heterocycles. The smallest absolute Gasteiger partial charge is 0.251 e. The number of aryl methyl sites for hydroxylation is 2. The van der Waals surface area contributed by atoms with Gasteiger partial charge in [-0.2, -0.15) is 10.1 Å². The molecule has 0 radical (unpaired) electrons. The molecule has 8 nitrogen and oxygen atoms in total. The second-order valence-electron chi connectivity index (χ2n) is 6.49. The van der Waals surface area contributed by atoms with E-state index in [9.17, 15) is 9.59 Å². The third kappa shape index (κ3) is 5.27. The van der Waals surface area contributed by atoms with Crippen LogP contribution in [0.4, 0.5) is 5.95 Å². The minimum absolute atomic E-state index is 0. The number of aromatic nitrogens is 3. The van der Waals surface area contributed by atoms with E-state index in [2.05, 4.69) is 26.0 Å². The summed E-state index contributed by atoms with van der Waals surface area (Å²) in [6, 6.07) is 7.25. The molecule has 1 aromatic heterocycles. The van der Waals surface area contributed by atoms with Crippen LogP contribution in [-0.4, -0.2) is 46.2 Å². The van der Waals surface area contributed by atoms with Gasteiger partial charge >= 0.3 is 0 Å². The molecule has 1 fully saturated rings. The third-order valence-electron chi connectivity index (χ3n) is 4.53. The minimum atomic E-state index is -0.334. The fraction of sp³-hybridized carbons (Fsp3) is 0.444. The zero-order chi connectivity index (χ0) is 18.5. The minimum Gasteiger partial charge on any atom is -0.343 e. The first-order chi connectivity index (χ1) is 12.5.